The van der Waals surface area contributed by atoms with Crippen LogP contribution in [-0.4, -0.2) is 18.8 Å². The molecule has 0 aliphatic carbocycles. The lowest BCUT2D eigenvalue weighted by molar-refractivity contribution is -0.682. The van der Waals surface area contributed by atoms with E-state index in [0.717, 1.165) is 5.69 Å². The van der Waals surface area contributed by atoms with Gasteiger partial charge >= 0.3 is 0 Å². The van der Waals surface area contributed by atoms with Crippen LogP contribution in [0, 0.1) is 0 Å². The molecule has 1 aromatic carbocycles. The van der Waals surface area contributed by atoms with E-state index in [4.69, 9.17) is 0 Å². The van der Waals surface area contributed by atoms with Crippen LogP contribution in [0.1, 0.15) is 24.2 Å². The molecule has 0 saturated carbocycles. The summed E-state index contributed by atoms with van der Waals surface area (Å²) in [6.45, 7) is 3.90. The molecule has 5 nitrogen and oxygen atoms in total. The van der Waals surface area contributed by atoms with Crippen LogP contribution >= 0.6 is 0 Å². The molecule has 2 rings (SSSR count). The van der Waals surface area contributed by atoms with Crippen molar-refractivity contribution in [3.63, 3.8) is 0 Å². The van der Waals surface area contributed by atoms with Gasteiger partial charge < -0.3 is 0 Å². The molecule has 0 bridgehead atoms. The van der Waals surface area contributed by atoms with Gasteiger partial charge in [0.1, 0.15) is 11.4 Å². The van der Waals surface area contributed by atoms with Crippen LogP contribution in [-0.2, 0) is 16.7 Å². The van der Waals surface area contributed by atoms with Gasteiger partial charge in [0.15, 0.2) is 12.0 Å². The zero-order valence-electron chi connectivity index (χ0n) is 11.8. The molecule has 0 amide bonds. The second-order valence-electron chi connectivity index (χ2n) is 4.58. The van der Waals surface area contributed by atoms with E-state index in [1.54, 1.807) is 12.1 Å². The molecule has 1 aromatic heterocycles. The fraction of sp³-hybridized carbons (Fsp3) is 0.200. The molecule has 0 aliphatic rings. The molecule has 0 unspecified atom stereocenters. The highest BCUT2D eigenvalue weighted by Crippen LogP contribution is 2.27. The second-order valence-corrected chi connectivity index (χ2v) is 5.97. The Morgan fingerprint density at radius 1 is 1.19 bits per heavy atom. The number of aryl methyl sites for hydroxylation is 1. The molecule has 0 spiro atoms. The Balaban J connectivity index is 2.85. The fourth-order valence-corrected chi connectivity index (χ4v) is 3.08. The number of rotatable bonds is 4. The average Bonchev–Trinajstić information content (AvgIpc) is 2.45. The Kier molecular flexibility index (Phi) is 4.20. The van der Waals surface area contributed by atoms with Crippen molar-refractivity contribution < 1.29 is 22.3 Å². The van der Waals surface area contributed by atoms with Crippen LogP contribution in [0.3, 0.4) is 0 Å². The number of pyridine rings is 1. The topological polar surface area (TPSA) is 75.3 Å². The average molecular weight is 306 g/mol. The number of ketones is 1. The van der Waals surface area contributed by atoms with Gasteiger partial charge in [0.25, 0.3) is 10.1 Å². The SMILES string of the molecule is CC[n+]1ccccc1-c1cccc(S(=O)(=O)O)c1C(C)=O. The predicted octanol–water partition coefficient (Wildman–Crippen LogP) is 2.11. The summed E-state index contributed by atoms with van der Waals surface area (Å²) in [4.78, 5) is 11.6. The first kappa shape index (κ1) is 15.3. The van der Waals surface area contributed by atoms with Gasteiger partial charge in [-0.15, -0.1) is 0 Å². The van der Waals surface area contributed by atoms with E-state index in [0.29, 0.717) is 12.1 Å². The van der Waals surface area contributed by atoms with Gasteiger partial charge in [-0.2, -0.15) is 13.0 Å². The highest BCUT2D eigenvalue weighted by Gasteiger charge is 2.25. The maximum Gasteiger partial charge on any atom is 0.295 e. The van der Waals surface area contributed by atoms with Crippen molar-refractivity contribution in [1.29, 1.82) is 0 Å². The Bertz CT molecular complexity index is 797. The molecular formula is C15H16NO4S+. The quantitative estimate of drug-likeness (QED) is 0.533. The van der Waals surface area contributed by atoms with Crippen LogP contribution in [0.2, 0.25) is 0 Å². The van der Waals surface area contributed by atoms with Crippen LogP contribution in [0.25, 0.3) is 11.3 Å². The summed E-state index contributed by atoms with van der Waals surface area (Å²) in [5.74, 6) is -0.412. The highest BCUT2D eigenvalue weighted by molar-refractivity contribution is 7.86. The number of hydrogen-bond acceptors (Lipinski definition) is 3. The van der Waals surface area contributed by atoms with Gasteiger partial charge in [0, 0.05) is 12.1 Å². The summed E-state index contributed by atoms with van der Waals surface area (Å²) in [6.07, 6.45) is 1.85. The van der Waals surface area contributed by atoms with Crippen LogP contribution in [0.5, 0.6) is 0 Å². The van der Waals surface area contributed by atoms with E-state index in [9.17, 15) is 17.8 Å². The fourth-order valence-electron chi connectivity index (χ4n) is 2.32. The van der Waals surface area contributed by atoms with Crippen LogP contribution in [0.4, 0.5) is 0 Å². The third-order valence-corrected chi connectivity index (χ3v) is 4.11. The third kappa shape index (κ3) is 3.01. The minimum atomic E-state index is -4.46. The Morgan fingerprint density at radius 3 is 2.48 bits per heavy atom. The summed E-state index contributed by atoms with van der Waals surface area (Å²) >= 11 is 0. The number of nitrogens with zero attached hydrogens (tertiary/aromatic N) is 1. The Morgan fingerprint density at radius 2 is 1.90 bits per heavy atom. The lowest BCUT2D eigenvalue weighted by atomic mass is 10.0. The molecular weight excluding hydrogens is 290 g/mol. The van der Waals surface area contributed by atoms with E-state index >= 15 is 0 Å². The van der Waals surface area contributed by atoms with E-state index in [1.807, 2.05) is 29.8 Å². The largest absolute Gasteiger partial charge is 0.295 e. The number of Topliss-reactive ketones (excluding diaryl/α,β-unsaturated/α-hetero) is 1. The number of hydrogen-bond donors (Lipinski definition) is 1. The first-order valence-corrected chi connectivity index (χ1v) is 7.90. The Hall–Kier alpha value is -2.05. The normalized spacial score (nSPS) is 11.4. The maximum atomic E-state index is 11.9. The predicted molar refractivity (Wildman–Crippen MR) is 77.6 cm³/mol. The molecule has 1 heterocycles. The van der Waals surface area contributed by atoms with Crippen molar-refractivity contribution >= 4 is 15.9 Å². The molecule has 6 heteroatoms. The Labute approximate surface area is 123 Å². The molecule has 0 fully saturated rings. The molecule has 0 aliphatic heterocycles. The number of benzene rings is 1. The maximum absolute atomic E-state index is 11.9. The second kappa shape index (κ2) is 5.75. The van der Waals surface area contributed by atoms with Crippen LogP contribution < -0.4 is 4.57 Å². The smallest absolute Gasteiger partial charge is 0.294 e. The molecule has 0 radical (unpaired) electrons. The number of aromatic nitrogens is 1. The van der Waals surface area contributed by atoms with Gasteiger partial charge in [-0.1, -0.05) is 6.07 Å². The van der Waals surface area contributed by atoms with E-state index < -0.39 is 15.9 Å². The van der Waals surface area contributed by atoms with Crippen molar-refractivity contribution in [1.82, 2.24) is 0 Å². The van der Waals surface area contributed by atoms with E-state index in [-0.39, 0.29) is 10.5 Å². The third-order valence-electron chi connectivity index (χ3n) is 3.21. The lowest BCUT2D eigenvalue weighted by Gasteiger charge is -2.10. The van der Waals surface area contributed by atoms with Gasteiger partial charge in [-0.05, 0) is 32.0 Å². The number of carbonyl (C=O) groups excluding carboxylic acids is 1. The lowest BCUT2D eigenvalue weighted by Crippen LogP contribution is -2.34. The monoisotopic (exact) mass is 306 g/mol. The minimum absolute atomic E-state index is 0.00778. The first-order chi connectivity index (χ1) is 9.86. The zero-order chi connectivity index (χ0) is 15.6. The highest BCUT2D eigenvalue weighted by atomic mass is 32.2. The molecule has 1 N–H and O–H groups in total. The summed E-state index contributed by atoms with van der Waals surface area (Å²) < 4.78 is 34.2. The molecule has 2 aromatic rings. The summed E-state index contributed by atoms with van der Waals surface area (Å²) in [7, 11) is -4.46. The zero-order valence-corrected chi connectivity index (χ0v) is 12.6. The van der Waals surface area contributed by atoms with Crippen molar-refractivity contribution in [2.24, 2.45) is 0 Å². The molecule has 110 valence electrons. The van der Waals surface area contributed by atoms with Crippen molar-refractivity contribution in [3.8, 4) is 11.3 Å². The number of carbonyl (C=O) groups is 1. The summed E-state index contributed by atoms with van der Waals surface area (Å²) in [5.41, 5.74) is 1.21. The minimum Gasteiger partial charge on any atom is -0.294 e. The van der Waals surface area contributed by atoms with Gasteiger partial charge in [0.05, 0.1) is 11.1 Å². The van der Waals surface area contributed by atoms with Crippen molar-refractivity contribution in [3.05, 3.63) is 48.2 Å². The summed E-state index contributed by atoms with van der Waals surface area (Å²) in [6, 6.07) is 9.89. The van der Waals surface area contributed by atoms with Gasteiger partial charge in [0.2, 0.25) is 5.69 Å². The molecule has 0 atom stereocenters. The molecule has 21 heavy (non-hydrogen) atoms. The standard InChI is InChI=1S/C15H15NO4S/c1-3-16-10-5-4-8-13(16)12-7-6-9-14(21(18,19)20)15(12)11(2)17/h4-10H,3H2,1-2H3/p+1. The first-order valence-electron chi connectivity index (χ1n) is 6.46. The van der Waals surface area contributed by atoms with Crippen molar-refractivity contribution in [2.75, 3.05) is 0 Å². The molecule has 0 saturated heterocycles. The van der Waals surface area contributed by atoms with E-state index in [2.05, 4.69) is 0 Å². The van der Waals surface area contributed by atoms with Crippen LogP contribution in [0.15, 0.2) is 47.5 Å². The summed E-state index contributed by atoms with van der Waals surface area (Å²) in [5, 5.41) is 0. The van der Waals surface area contributed by atoms with E-state index in [1.165, 1.54) is 19.1 Å². The van der Waals surface area contributed by atoms with Crippen molar-refractivity contribution in [2.45, 2.75) is 25.3 Å². The van der Waals surface area contributed by atoms with Gasteiger partial charge in [-0.25, -0.2) is 0 Å². The van der Waals surface area contributed by atoms with Gasteiger partial charge in [-0.3, -0.25) is 9.35 Å².